The van der Waals surface area contributed by atoms with Crippen LogP contribution in [-0.4, -0.2) is 29.3 Å². The number of aliphatic carboxylic acids is 1. The van der Waals surface area contributed by atoms with Crippen molar-refractivity contribution in [3.8, 4) is 0 Å². The van der Waals surface area contributed by atoms with Crippen LogP contribution < -0.4 is 0 Å². The van der Waals surface area contributed by atoms with Crippen molar-refractivity contribution in [2.24, 2.45) is 0 Å². The predicted molar refractivity (Wildman–Crippen MR) is 52.9 cm³/mol. The average molecular weight is 230 g/mol. The molecule has 5 nitrogen and oxygen atoms in total. The molecule has 1 aromatic heterocycles. The summed E-state index contributed by atoms with van der Waals surface area (Å²) in [4.78, 5) is 22.2. The van der Waals surface area contributed by atoms with Gasteiger partial charge in [-0.05, 0) is 12.1 Å². The molecule has 0 amide bonds. The van der Waals surface area contributed by atoms with Gasteiger partial charge in [-0.2, -0.15) is 0 Å². The molecule has 0 aromatic carbocycles. The Morgan fingerprint density at radius 3 is 2.73 bits per heavy atom. The summed E-state index contributed by atoms with van der Waals surface area (Å²) in [6, 6.07) is 3.02. The number of esters is 1. The lowest BCUT2D eigenvalue weighted by molar-refractivity contribution is -0.139. The van der Waals surface area contributed by atoms with Gasteiger partial charge in [0.05, 0.1) is 19.6 Å². The number of hydrogen-bond acceptors (Lipinski definition) is 5. The summed E-state index contributed by atoms with van der Waals surface area (Å²) in [6.07, 6.45) is -1.45. The van der Waals surface area contributed by atoms with Gasteiger partial charge in [0.2, 0.25) is 0 Å². The van der Waals surface area contributed by atoms with Crippen molar-refractivity contribution >= 4 is 23.3 Å². The number of ether oxygens (including phenoxy) is 1. The molecule has 1 rings (SSSR count). The van der Waals surface area contributed by atoms with Gasteiger partial charge in [-0.1, -0.05) is 0 Å². The van der Waals surface area contributed by atoms with E-state index in [4.69, 9.17) is 5.11 Å². The lowest BCUT2D eigenvalue weighted by Gasteiger charge is -2.03. The Morgan fingerprint density at radius 1 is 1.53 bits per heavy atom. The van der Waals surface area contributed by atoms with Crippen LogP contribution in [0.25, 0.3) is 0 Å². The molecule has 6 heteroatoms. The zero-order valence-electron chi connectivity index (χ0n) is 7.97. The molecule has 0 aliphatic carbocycles. The van der Waals surface area contributed by atoms with E-state index < -0.39 is 18.0 Å². The summed E-state index contributed by atoms with van der Waals surface area (Å²) in [7, 11) is 1.26. The number of methoxy groups -OCH3 is 1. The molecular formula is C9H10O5S. The fourth-order valence-electron chi connectivity index (χ4n) is 1.01. The molecule has 2 N–H and O–H groups in total. The summed E-state index contributed by atoms with van der Waals surface area (Å²) < 4.78 is 4.48. The first-order chi connectivity index (χ1) is 7.04. The molecule has 0 saturated carbocycles. The van der Waals surface area contributed by atoms with E-state index in [1.165, 1.54) is 19.2 Å². The monoisotopic (exact) mass is 230 g/mol. The van der Waals surface area contributed by atoms with Gasteiger partial charge in [-0.15, -0.1) is 11.3 Å². The average Bonchev–Trinajstić information content (AvgIpc) is 2.64. The summed E-state index contributed by atoms with van der Waals surface area (Å²) in [5.74, 6) is -1.58. The van der Waals surface area contributed by atoms with Crippen LogP contribution >= 0.6 is 11.3 Å². The van der Waals surface area contributed by atoms with Gasteiger partial charge in [0.25, 0.3) is 0 Å². The largest absolute Gasteiger partial charge is 0.481 e. The third-order valence-corrected chi connectivity index (χ3v) is 2.88. The highest BCUT2D eigenvalue weighted by Crippen LogP contribution is 2.25. The second-order valence-corrected chi connectivity index (χ2v) is 3.92. The van der Waals surface area contributed by atoms with Crippen molar-refractivity contribution in [1.29, 1.82) is 0 Å². The third-order valence-electron chi connectivity index (χ3n) is 1.71. The Morgan fingerprint density at radius 2 is 2.20 bits per heavy atom. The van der Waals surface area contributed by atoms with Gasteiger partial charge < -0.3 is 14.9 Å². The van der Waals surface area contributed by atoms with Crippen LogP contribution in [0.1, 0.15) is 27.1 Å². The highest BCUT2D eigenvalue weighted by Gasteiger charge is 2.16. The minimum atomic E-state index is -1.09. The second kappa shape index (κ2) is 4.90. The van der Waals surface area contributed by atoms with E-state index >= 15 is 0 Å². The molecule has 0 fully saturated rings. The Labute approximate surface area is 89.9 Å². The summed E-state index contributed by atoms with van der Waals surface area (Å²) in [6.45, 7) is 0. The fraction of sp³-hybridized carbons (Fsp3) is 0.333. The lowest BCUT2D eigenvalue weighted by atomic mass is 10.2. The van der Waals surface area contributed by atoms with E-state index in [0.29, 0.717) is 9.75 Å². The van der Waals surface area contributed by atoms with Crippen LogP contribution in [0, 0.1) is 0 Å². The molecular weight excluding hydrogens is 220 g/mol. The SMILES string of the molecule is COC(=O)c1ccc(C(O)CC(=O)O)s1. The third kappa shape index (κ3) is 3.03. The summed E-state index contributed by atoms with van der Waals surface area (Å²) >= 11 is 1.03. The molecule has 0 aliphatic heterocycles. The summed E-state index contributed by atoms with van der Waals surface area (Å²) in [5.41, 5.74) is 0. The van der Waals surface area contributed by atoms with E-state index in [9.17, 15) is 14.7 Å². The maximum Gasteiger partial charge on any atom is 0.348 e. The smallest absolute Gasteiger partial charge is 0.348 e. The van der Waals surface area contributed by atoms with E-state index in [1.807, 2.05) is 0 Å². The van der Waals surface area contributed by atoms with Crippen LogP contribution in [0.3, 0.4) is 0 Å². The molecule has 0 aliphatic rings. The maximum atomic E-state index is 11.1. The summed E-state index contributed by atoms with van der Waals surface area (Å²) in [5, 5.41) is 17.9. The van der Waals surface area contributed by atoms with Gasteiger partial charge in [-0.25, -0.2) is 4.79 Å². The Bertz CT molecular complexity index is 370. The van der Waals surface area contributed by atoms with Crippen molar-refractivity contribution in [3.05, 3.63) is 21.9 Å². The highest BCUT2D eigenvalue weighted by molar-refractivity contribution is 7.14. The van der Waals surface area contributed by atoms with Gasteiger partial charge >= 0.3 is 11.9 Å². The minimum Gasteiger partial charge on any atom is -0.481 e. The van der Waals surface area contributed by atoms with E-state index in [0.717, 1.165) is 11.3 Å². The molecule has 0 saturated heterocycles. The number of aliphatic hydroxyl groups excluding tert-OH is 1. The molecule has 1 aromatic rings. The normalized spacial score (nSPS) is 12.1. The van der Waals surface area contributed by atoms with Crippen LogP contribution in [0.15, 0.2) is 12.1 Å². The highest BCUT2D eigenvalue weighted by atomic mass is 32.1. The van der Waals surface area contributed by atoms with Gasteiger partial charge in [-0.3, -0.25) is 4.79 Å². The fourth-order valence-corrected chi connectivity index (χ4v) is 1.92. The molecule has 1 atom stereocenters. The molecule has 1 heterocycles. The van der Waals surface area contributed by atoms with Crippen molar-refractivity contribution < 1.29 is 24.5 Å². The first-order valence-electron chi connectivity index (χ1n) is 4.12. The number of carboxylic acids is 1. The second-order valence-electron chi connectivity index (χ2n) is 2.81. The van der Waals surface area contributed by atoms with Gasteiger partial charge in [0, 0.05) is 4.88 Å². The van der Waals surface area contributed by atoms with Crippen LogP contribution in [-0.2, 0) is 9.53 Å². The number of aliphatic hydroxyl groups is 1. The predicted octanol–water partition coefficient (Wildman–Crippen LogP) is 1.04. The number of carbonyl (C=O) groups is 2. The molecule has 15 heavy (non-hydrogen) atoms. The van der Waals surface area contributed by atoms with Crippen molar-refractivity contribution in [1.82, 2.24) is 0 Å². The van der Waals surface area contributed by atoms with E-state index in [-0.39, 0.29) is 6.42 Å². The standard InChI is InChI=1S/C9H10O5S/c1-14-9(13)7-3-2-6(15-7)5(10)4-8(11)12/h2-3,5,10H,4H2,1H3,(H,11,12). The van der Waals surface area contributed by atoms with E-state index in [1.54, 1.807) is 0 Å². The van der Waals surface area contributed by atoms with Crippen LogP contribution in [0.5, 0.6) is 0 Å². The van der Waals surface area contributed by atoms with Gasteiger partial charge in [0.1, 0.15) is 4.88 Å². The lowest BCUT2D eigenvalue weighted by Crippen LogP contribution is -2.03. The maximum absolute atomic E-state index is 11.1. The van der Waals surface area contributed by atoms with Crippen LogP contribution in [0.4, 0.5) is 0 Å². The zero-order chi connectivity index (χ0) is 11.4. The Hall–Kier alpha value is -1.40. The molecule has 0 radical (unpaired) electrons. The topological polar surface area (TPSA) is 83.8 Å². The number of carbonyl (C=O) groups excluding carboxylic acids is 1. The molecule has 1 unspecified atom stereocenters. The number of hydrogen-bond donors (Lipinski definition) is 2. The number of rotatable bonds is 4. The molecule has 0 bridgehead atoms. The Balaban J connectivity index is 2.75. The van der Waals surface area contributed by atoms with E-state index in [2.05, 4.69) is 4.74 Å². The molecule has 0 spiro atoms. The zero-order valence-corrected chi connectivity index (χ0v) is 8.78. The minimum absolute atomic E-state index is 0.344. The quantitative estimate of drug-likeness (QED) is 0.755. The van der Waals surface area contributed by atoms with Crippen molar-refractivity contribution in [2.75, 3.05) is 7.11 Å². The van der Waals surface area contributed by atoms with Gasteiger partial charge in [0.15, 0.2) is 0 Å². The molecule has 82 valence electrons. The van der Waals surface area contributed by atoms with Crippen molar-refractivity contribution in [2.45, 2.75) is 12.5 Å². The number of thiophene rings is 1. The first-order valence-corrected chi connectivity index (χ1v) is 4.94. The first kappa shape index (κ1) is 11.7. The number of carboxylic acid groups (broad SMARTS) is 1. The van der Waals surface area contributed by atoms with Crippen molar-refractivity contribution in [3.63, 3.8) is 0 Å². The van der Waals surface area contributed by atoms with Crippen LogP contribution in [0.2, 0.25) is 0 Å². The Kier molecular flexibility index (Phi) is 3.81.